The van der Waals surface area contributed by atoms with Gasteiger partial charge in [-0.05, 0) is 0 Å². The highest BCUT2D eigenvalue weighted by molar-refractivity contribution is 4.99. The molecule has 2 heterocycles. The zero-order valence-electron chi connectivity index (χ0n) is 5.90. The van der Waals surface area contributed by atoms with Crippen LogP contribution in [0.25, 0.3) is 0 Å². The minimum absolute atomic E-state index is 0.141. The van der Waals surface area contributed by atoms with E-state index >= 15 is 0 Å². The third-order valence-electron chi connectivity index (χ3n) is 2.52. The van der Waals surface area contributed by atoms with Gasteiger partial charge >= 0.3 is 0 Å². The van der Waals surface area contributed by atoms with Crippen molar-refractivity contribution in [3.63, 3.8) is 0 Å². The molecule has 0 aromatic carbocycles. The Morgan fingerprint density at radius 1 is 1.50 bits per heavy atom. The van der Waals surface area contributed by atoms with Crippen LogP contribution in [0.3, 0.4) is 0 Å². The van der Waals surface area contributed by atoms with Gasteiger partial charge in [0, 0.05) is 31.5 Å². The lowest BCUT2D eigenvalue weighted by molar-refractivity contribution is -0.0912. The molecule has 2 rings (SSSR count). The molecule has 0 amide bonds. The van der Waals surface area contributed by atoms with Gasteiger partial charge in [0.05, 0.1) is 6.61 Å². The molecule has 2 nitrogen and oxygen atoms in total. The Labute approximate surface area is 59.7 Å². The van der Waals surface area contributed by atoms with E-state index in [2.05, 4.69) is 5.32 Å². The van der Waals surface area contributed by atoms with E-state index in [0.29, 0.717) is 19.6 Å². The Kier molecular flexibility index (Phi) is 1.42. The zero-order chi connectivity index (χ0) is 7.03. The zero-order valence-corrected chi connectivity index (χ0v) is 5.90. The van der Waals surface area contributed by atoms with Crippen LogP contribution >= 0.6 is 0 Å². The first kappa shape index (κ1) is 6.55. The van der Waals surface area contributed by atoms with E-state index in [9.17, 15) is 4.39 Å². The molecule has 1 unspecified atom stereocenters. The Balaban J connectivity index is 2.03. The van der Waals surface area contributed by atoms with E-state index in [1.165, 1.54) is 0 Å². The van der Waals surface area contributed by atoms with Crippen LogP contribution in [0.15, 0.2) is 0 Å². The van der Waals surface area contributed by atoms with Gasteiger partial charge in [-0.25, -0.2) is 4.39 Å². The summed E-state index contributed by atoms with van der Waals surface area (Å²) in [7, 11) is 0. The van der Waals surface area contributed by atoms with Gasteiger partial charge in [-0.3, -0.25) is 0 Å². The molecule has 1 atom stereocenters. The Morgan fingerprint density at radius 2 is 2.30 bits per heavy atom. The predicted octanol–water partition coefficient (Wildman–Crippen LogP) is 0.334. The van der Waals surface area contributed by atoms with Gasteiger partial charge in [-0.2, -0.15) is 0 Å². The summed E-state index contributed by atoms with van der Waals surface area (Å²) >= 11 is 0. The Morgan fingerprint density at radius 3 is 2.70 bits per heavy atom. The van der Waals surface area contributed by atoms with Crippen molar-refractivity contribution in [1.82, 2.24) is 5.32 Å². The van der Waals surface area contributed by atoms with Crippen LogP contribution in [0.1, 0.15) is 6.42 Å². The number of hydrogen-bond acceptors (Lipinski definition) is 2. The fraction of sp³-hybridized carbons (Fsp3) is 1.00. The predicted molar refractivity (Wildman–Crippen MR) is 35.6 cm³/mol. The second kappa shape index (κ2) is 2.17. The summed E-state index contributed by atoms with van der Waals surface area (Å²) < 4.78 is 18.4. The van der Waals surface area contributed by atoms with Gasteiger partial charge in [0.2, 0.25) is 0 Å². The van der Waals surface area contributed by atoms with Crippen LogP contribution in [0.5, 0.6) is 0 Å². The third-order valence-corrected chi connectivity index (χ3v) is 2.52. The van der Waals surface area contributed by atoms with Crippen molar-refractivity contribution in [2.75, 3.05) is 26.3 Å². The molecule has 3 heteroatoms. The molecule has 1 spiro atoms. The van der Waals surface area contributed by atoms with Crippen molar-refractivity contribution in [2.45, 2.75) is 12.6 Å². The van der Waals surface area contributed by atoms with E-state index in [0.717, 1.165) is 13.1 Å². The number of alkyl halides is 1. The molecule has 0 saturated carbocycles. The van der Waals surface area contributed by atoms with Crippen LogP contribution in [-0.4, -0.2) is 32.5 Å². The summed E-state index contributed by atoms with van der Waals surface area (Å²) in [4.78, 5) is 0. The number of rotatable bonds is 0. The number of hydrogen-bond donors (Lipinski definition) is 1. The standard InChI is InChI=1S/C7H12FNO/c8-6-1-2-10-5-7(6)3-9-4-7/h6,9H,1-5H2. The average molecular weight is 145 g/mol. The molecule has 58 valence electrons. The lowest BCUT2D eigenvalue weighted by Crippen LogP contribution is -2.62. The minimum Gasteiger partial charge on any atom is -0.381 e. The van der Waals surface area contributed by atoms with Gasteiger partial charge < -0.3 is 10.1 Å². The van der Waals surface area contributed by atoms with Crippen molar-refractivity contribution >= 4 is 0 Å². The van der Waals surface area contributed by atoms with Crippen LogP contribution in [0, 0.1) is 5.41 Å². The molecular formula is C7H12FNO. The van der Waals surface area contributed by atoms with E-state index in [1.54, 1.807) is 0 Å². The van der Waals surface area contributed by atoms with Gasteiger partial charge in [0.15, 0.2) is 0 Å². The van der Waals surface area contributed by atoms with Gasteiger partial charge in [0.25, 0.3) is 0 Å². The molecule has 2 aliphatic rings. The van der Waals surface area contributed by atoms with Crippen LogP contribution in [0.2, 0.25) is 0 Å². The van der Waals surface area contributed by atoms with Gasteiger partial charge in [-0.1, -0.05) is 0 Å². The average Bonchev–Trinajstić information content (AvgIpc) is 1.85. The van der Waals surface area contributed by atoms with Crippen LogP contribution < -0.4 is 5.32 Å². The molecule has 1 N–H and O–H groups in total. The highest BCUT2D eigenvalue weighted by Gasteiger charge is 2.46. The molecule has 2 saturated heterocycles. The molecule has 0 bridgehead atoms. The maximum atomic E-state index is 13.2. The van der Waals surface area contributed by atoms with Crippen molar-refractivity contribution in [3.05, 3.63) is 0 Å². The van der Waals surface area contributed by atoms with Crippen molar-refractivity contribution in [3.8, 4) is 0 Å². The third kappa shape index (κ3) is 0.772. The van der Waals surface area contributed by atoms with E-state index in [-0.39, 0.29) is 5.41 Å². The summed E-state index contributed by atoms with van der Waals surface area (Å²) in [5.41, 5.74) is -0.141. The van der Waals surface area contributed by atoms with Crippen molar-refractivity contribution in [2.24, 2.45) is 5.41 Å². The summed E-state index contributed by atoms with van der Waals surface area (Å²) in [5, 5.41) is 3.08. The minimum atomic E-state index is -0.637. The maximum Gasteiger partial charge on any atom is 0.113 e. The topological polar surface area (TPSA) is 21.3 Å². The molecule has 2 fully saturated rings. The summed E-state index contributed by atoms with van der Waals surface area (Å²) in [6.07, 6.45) is -0.0516. The van der Waals surface area contributed by atoms with Crippen LogP contribution in [-0.2, 0) is 4.74 Å². The fourth-order valence-corrected chi connectivity index (χ4v) is 1.63. The van der Waals surface area contributed by atoms with E-state index < -0.39 is 6.17 Å². The maximum absolute atomic E-state index is 13.2. The van der Waals surface area contributed by atoms with E-state index in [1.807, 2.05) is 0 Å². The molecule has 10 heavy (non-hydrogen) atoms. The van der Waals surface area contributed by atoms with E-state index in [4.69, 9.17) is 4.74 Å². The monoisotopic (exact) mass is 145 g/mol. The number of ether oxygens (including phenoxy) is 1. The van der Waals surface area contributed by atoms with Gasteiger partial charge in [0.1, 0.15) is 6.17 Å². The molecule has 0 radical (unpaired) electrons. The Hall–Kier alpha value is -0.150. The molecule has 0 aromatic heterocycles. The second-order valence-electron chi connectivity index (χ2n) is 3.27. The smallest absolute Gasteiger partial charge is 0.113 e. The lowest BCUT2D eigenvalue weighted by Gasteiger charge is -2.47. The molecule has 0 aliphatic carbocycles. The first-order valence-electron chi connectivity index (χ1n) is 3.76. The normalized spacial score (nSPS) is 37.5. The van der Waals surface area contributed by atoms with Crippen molar-refractivity contribution < 1.29 is 9.13 Å². The van der Waals surface area contributed by atoms with Crippen LogP contribution in [0.4, 0.5) is 4.39 Å². The SMILES string of the molecule is FC1CCOCC12CNC2. The molecule has 2 aliphatic heterocycles. The highest BCUT2D eigenvalue weighted by Crippen LogP contribution is 2.34. The largest absolute Gasteiger partial charge is 0.381 e. The number of halogens is 1. The fourth-order valence-electron chi connectivity index (χ4n) is 1.63. The first-order chi connectivity index (χ1) is 4.83. The number of nitrogens with one attached hydrogen (secondary N) is 1. The van der Waals surface area contributed by atoms with Gasteiger partial charge in [-0.15, -0.1) is 0 Å². The summed E-state index contributed by atoms with van der Waals surface area (Å²) in [6.45, 7) is 2.81. The summed E-state index contributed by atoms with van der Waals surface area (Å²) in [6, 6.07) is 0. The molecular weight excluding hydrogens is 133 g/mol. The Bertz CT molecular complexity index is 136. The molecule has 0 aromatic rings. The lowest BCUT2D eigenvalue weighted by atomic mass is 9.76. The van der Waals surface area contributed by atoms with Crippen molar-refractivity contribution in [1.29, 1.82) is 0 Å². The first-order valence-corrected chi connectivity index (χ1v) is 3.76. The summed E-state index contributed by atoms with van der Waals surface area (Å²) in [5.74, 6) is 0. The highest BCUT2D eigenvalue weighted by atomic mass is 19.1. The quantitative estimate of drug-likeness (QED) is 0.530. The second-order valence-corrected chi connectivity index (χ2v) is 3.27.